The smallest absolute Gasteiger partial charge is 0.225 e. The molecule has 1 aromatic carbocycles. The van der Waals surface area contributed by atoms with Crippen LogP contribution in [-0.4, -0.2) is 74.7 Å². The first-order valence-corrected chi connectivity index (χ1v) is 10.8. The van der Waals surface area contributed by atoms with E-state index in [0.29, 0.717) is 13.0 Å². The maximum absolute atomic E-state index is 12.3. The molecule has 29 heavy (non-hydrogen) atoms. The average molecular weight is 402 g/mol. The number of hydrogen-bond acceptors (Lipinski definition) is 4. The van der Waals surface area contributed by atoms with Gasteiger partial charge in [-0.25, -0.2) is 0 Å². The van der Waals surface area contributed by atoms with Crippen molar-refractivity contribution < 1.29 is 9.53 Å². The number of carbonyl (C=O) groups is 1. The van der Waals surface area contributed by atoms with E-state index >= 15 is 0 Å². The van der Waals surface area contributed by atoms with Gasteiger partial charge >= 0.3 is 0 Å². The number of carbonyl (C=O) groups excluding carboxylic acids is 1. The van der Waals surface area contributed by atoms with Gasteiger partial charge in [-0.05, 0) is 36.5 Å². The third kappa shape index (κ3) is 7.01. The zero-order chi connectivity index (χ0) is 20.5. The summed E-state index contributed by atoms with van der Waals surface area (Å²) >= 11 is 0. The van der Waals surface area contributed by atoms with Gasteiger partial charge in [-0.2, -0.15) is 0 Å². The Morgan fingerprint density at radius 2 is 1.97 bits per heavy atom. The highest BCUT2D eigenvalue weighted by Gasteiger charge is 2.18. The molecule has 3 rings (SSSR count). The van der Waals surface area contributed by atoms with Crippen molar-refractivity contribution in [1.29, 1.82) is 0 Å². The molecule has 1 aromatic rings. The van der Waals surface area contributed by atoms with Crippen molar-refractivity contribution in [2.24, 2.45) is 10.9 Å². The Kier molecular flexibility index (Phi) is 8.31. The van der Waals surface area contributed by atoms with Gasteiger partial charge in [-0.1, -0.05) is 19.1 Å². The lowest BCUT2D eigenvalue weighted by atomic mass is 9.99. The molecule has 0 saturated carbocycles. The summed E-state index contributed by atoms with van der Waals surface area (Å²) in [6, 6.07) is 8.03. The first kappa shape index (κ1) is 21.6. The monoisotopic (exact) mass is 401 g/mol. The maximum atomic E-state index is 12.3. The first-order valence-electron chi connectivity index (χ1n) is 10.8. The van der Waals surface area contributed by atoms with Gasteiger partial charge in [0.1, 0.15) is 0 Å². The Balaban J connectivity index is 1.45. The normalized spacial score (nSPS) is 19.2. The van der Waals surface area contributed by atoms with Crippen molar-refractivity contribution in [1.82, 2.24) is 15.1 Å². The van der Waals surface area contributed by atoms with E-state index in [2.05, 4.69) is 38.4 Å². The number of benzene rings is 1. The fourth-order valence-corrected chi connectivity index (χ4v) is 3.80. The van der Waals surface area contributed by atoms with Gasteiger partial charge in [0.2, 0.25) is 5.91 Å². The second kappa shape index (κ2) is 11.2. The van der Waals surface area contributed by atoms with Crippen LogP contribution < -0.4 is 10.6 Å². The molecule has 2 N–H and O–H groups in total. The average Bonchev–Trinajstić information content (AvgIpc) is 2.75. The minimum Gasteiger partial charge on any atom is -0.379 e. The largest absolute Gasteiger partial charge is 0.379 e. The van der Waals surface area contributed by atoms with Crippen LogP contribution in [0.25, 0.3) is 0 Å². The number of amides is 1. The minimum absolute atomic E-state index is 0.0554. The highest BCUT2D eigenvalue weighted by molar-refractivity contribution is 5.90. The van der Waals surface area contributed by atoms with E-state index in [1.165, 1.54) is 12.8 Å². The van der Waals surface area contributed by atoms with Gasteiger partial charge in [-0.3, -0.25) is 14.7 Å². The van der Waals surface area contributed by atoms with E-state index in [0.717, 1.165) is 69.1 Å². The highest BCUT2D eigenvalue weighted by atomic mass is 16.5. The number of nitrogens with zero attached hydrogens (tertiary/aromatic N) is 3. The lowest BCUT2D eigenvalue weighted by Crippen LogP contribution is -2.45. The molecule has 0 atom stereocenters. The predicted molar refractivity (Wildman–Crippen MR) is 117 cm³/mol. The number of hydrogen-bond donors (Lipinski definition) is 2. The van der Waals surface area contributed by atoms with Crippen LogP contribution in [-0.2, 0) is 16.1 Å². The molecule has 2 aliphatic rings. The number of anilines is 1. The lowest BCUT2D eigenvalue weighted by Gasteiger charge is -2.33. The number of ether oxygens (including phenoxy) is 1. The fraction of sp³-hybridized carbons (Fsp3) is 0.636. The van der Waals surface area contributed by atoms with Crippen LogP contribution in [0.4, 0.5) is 5.69 Å². The van der Waals surface area contributed by atoms with Crippen molar-refractivity contribution in [2.75, 3.05) is 58.3 Å². The van der Waals surface area contributed by atoms with Gasteiger partial charge in [0.25, 0.3) is 0 Å². The van der Waals surface area contributed by atoms with Crippen molar-refractivity contribution in [3.8, 4) is 0 Å². The van der Waals surface area contributed by atoms with E-state index in [1.807, 2.05) is 25.2 Å². The fourth-order valence-electron chi connectivity index (χ4n) is 3.80. The molecule has 0 aliphatic carbocycles. The lowest BCUT2D eigenvalue weighted by molar-refractivity contribution is -0.116. The van der Waals surface area contributed by atoms with E-state index < -0.39 is 0 Å². The Bertz CT molecular complexity index is 680. The molecule has 2 aliphatic heterocycles. The van der Waals surface area contributed by atoms with Crippen molar-refractivity contribution in [3.05, 3.63) is 29.8 Å². The predicted octanol–water partition coefficient (Wildman–Crippen LogP) is 2.15. The first-order chi connectivity index (χ1) is 14.1. The van der Waals surface area contributed by atoms with Crippen molar-refractivity contribution >= 4 is 17.6 Å². The number of likely N-dealkylation sites (tertiary alicyclic amines) is 1. The van der Waals surface area contributed by atoms with Crippen LogP contribution in [0.1, 0.15) is 31.7 Å². The molecule has 0 radical (unpaired) electrons. The summed E-state index contributed by atoms with van der Waals surface area (Å²) in [5, 5.41) is 6.49. The van der Waals surface area contributed by atoms with Gasteiger partial charge in [0.15, 0.2) is 5.96 Å². The number of morpholine rings is 1. The molecule has 1 amide bonds. The number of nitrogens with one attached hydrogen (secondary N) is 2. The molecule has 2 saturated heterocycles. The van der Waals surface area contributed by atoms with Gasteiger partial charge in [0.05, 0.1) is 13.2 Å². The quantitative estimate of drug-likeness (QED) is 0.565. The topological polar surface area (TPSA) is 69.2 Å². The second-order valence-electron chi connectivity index (χ2n) is 8.02. The summed E-state index contributed by atoms with van der Waals surface area (Å²) in [5.74, 6) is 1.81. The van der Waals surface area contributed by atoms with Gasteiger partial charge in [-0.15, -0.1) is 0 Å². The van der Waals surface area contributed by atoms with Crippen LogP contribution >= 0.6 is 0 Å². The Labute approximate surface area is 174 Å². The van der Waals surface area contributed by atoms with Crippen molar-refractivity contribution in [2.45, 2.75) is 32.7 Å². The van der Waals surface area contributed by atoms with Crippen LogP contribution in [0.2, 0.25) is 0 Å². The van der Waals surface area contributed by atoms with E-state index in [1.54, 1.807) is 0 Å². The van der Waals surface area contributed by atoms with Crippen LogP contribution in [0, 0.1) is 5.92 Å². The van der Waals surface area contributed by atoms with E-state index in [4.69, 9.17) is 4.74 Å². The highest BCUT2D eigenvalue weighted by Crippen LogP contribution is 2.16. The molecule has 160 valence electrons. The molecule has 0 spiro atoms. The number of aliphatic imine (C=N–C) groups is 1. The van der Waals surface area contributed by atoms with Gasteiger partial charge in [0, 0.05) is 58.4 Å². The van der Waals surface area contributed by atoms with Crippen molar-refractivity contribution in [3.63, 3.8) is 0 Å². The molecule has 2 fully saturated rings. The molecule has 7 heteroatoms. The molecule has 0 aromatic heterocycles. The van der Waals surface area contributed by atoms with Crippen LogP contribution in [0.15, 0.2) is 29.3 Å². The molecular weight excluding hydrogens is 366 g/mol. The summed E-state index contributed by atoms with van der Waals surface area (Å²) in [7, 11) is 1.84. The molecule has 2 heterocycles. The van der Waals surface area contributed by atoms with E-state index in [9.17, 15) is 4.79 Å². The summed E-state index contributed by atoms with van der Waals surface area (Å²) in [5.41, 5.74) is 1.97. The van der Waals surface area contributed by atoms with Crippen LogP contribution in [0.3, 0.4) is 0 Å². The number of guanidine groups is 1. The Morgan fingerprint density at radius 3 is 2.69 bits per heavy atom. The van der Waals surface area contributed by atoms with E-state index in [-0.39, 0.29) is 5.91 Å². The summed E-state index contributed by atoms with van der Waals surface area (Å²) in [6.45, 7) is 9.23. The summed E-state index contributed by atoms with van der Waals surface area (Å²) < 4.78 is 5.35. The minimum atomic E-state index is 0.0554. The number of piperidine rings is 1. The standard InChI is InChI=1S/C22H35N5O2/c1-18-6-10-27(11-7-18)22(23-2)24-17-19-4-3-5-20(16-19)25-21(28)8-9-26-12-14-29-15-13-26/h3-5,16,18H,6-15,17H2,1-2H3,(H,23,24)(H,25,28). The number of rotatable bonds is 6. The molecule has 7 nitrogen and oxygen atoms in total. The second-order valence-corrected chi connectivity index (χ2v) is 8.02. The Morgan fingerprint density at radius 1 is 1.21 bits per heavy atom. The summed E-state index contributed by atoms with van der Waals surface area (Å²) in [6.07, 6.45) is 2.93. The Hall–Kier alpha value is -2.12. The summed E-state index contributed by atoms with van der Waals surface area (Å²) in [4.78, 5) is 21.3. The molecule has 0 bridgehead atoms. The zero-order valence-corrected chi connectivity index (χ0v) is 17.8. The molecular formula is C22H35N5O2. The third-order valence-corrected chi connectivity index (χ3v) is 5.72. The SMILES string of the molecule is CN=C(NCc1cccc(NC(=O)CCN2CCOCC2)c1)N1CCC(C)CC1. The zero-order valence-electron chi connectivity index (χ0n) is 17.8. The third-order valence-electron chi connectivity index (χ3n) is 5.72. The molecule has 0 unspecified atom stereocenters. The van der Waals surface area contributed by atoms with Gasteiger partial charge < -0.3 is 20.3 Å². The maximum Gasteiger partial charge on any atom is 0.225 e. The van der Waals surface area contributed by atoms with Crippen LogP contribution in [0.5, 0.6) is 0 Å².